The first-order chi connectivity index (χ1) is 9.48. The number of ketones is 1. The molecule has 0 spiro atoms. The van der Waals surface area contributed by atoms with E-state index >= 15 is 0 Å². The van der Waals surface area contributed by atoms with Crippen molar-refractivity contribution in [3.8, 4) is 0 Å². The molecule has 0 N–H and O–H groups in total. The summed E-state index contributed by atoms with van der Waals surface area (Å²) in [5.41, 5.74) is -0.367. The smallest absolute Gasteiger partial charge is 0.370 e. The minimum absolute atomic E-state index is 0.140. The summed E-state index contributed by atoms with van der Waals surface area (Å²) in [6.45, 7) is 8.91. The minimum atomic E-state index is -4.93. The van der Waals surface area contributed by atoms with E-state index in [2.05, 4.69) is 10.1 Å². The standard InChI is InChI=1S/C13H19F3N2O3/c1-6-20-9(12(3,4)5)10-17-11(21-18-10)7(2)8(19)13(14,15)16/h7,9H,6H2,1-5H3. The molecule has 0 bridgehead atoms. The van der Waals surface area contributed by atoms with Crippen LogP contribution in [0.5, 0.6) is 0 Å². The Morgan fingerprint density at radius 1 is 1.33 bits per heavy atom. The first-order valence-corrected chi connectivity index (χ1v) is 6.54. The number of alkyl halides is 3. The van der Waals surface area contributed by atoms with Gasteiger partial charge in [0.2, 0.25) is 17.5 Å². The minimum Gasteiger partial charge on any atom is -0.370 e. The van der Waals surface area contributed by atoms with Gasteiger partial charge in [-0.05, 0) is 19.3 Å². The Morgan fingerprint density at radius 2 is 1.90 bits per heavy atom. The largest absolute Gasteiger partial charge is 0.450 e. The van der Waals surface area contributed by atoms with E-state index in [-0.39, 0.29) is 17.1 Å². The molecule has 0 aliphatic heterocycles. The topological polar surface area (TPSA) is 65.2 Å². The predicted octanol–water partition coefficient (Wildman–Crippen LogP) is 3.43. The number of rotatable bonds is 5. The van der Waals surface area contributed by atoms with Crippen molar-refractivity contribution in [2.75, 3.05) is 6.61 Å². The zero-order valence-corrected chi connectivity index (χ0v) is 12.6. The lowest BCUT2D eigenvalue weighted by Gasteiger charge is -2.27. The Labute approximate surface area is 120 Å². The summed E-state index contributed by atoms with van der Waals surface area (Å²) in [6, 6.07) is 0. The summed E-state index contributed by atoms with van der Waals surface area (Å²) < 4.78 is 47.5. The van der Waals surface area contributed by atoms with Crippen molar-refractivity contribution >= 4 is 5.78 Å². The predicted molar refractivity (Wildman–Crippen MR) is 67.6 cm³/mol. The number of aromatic nitrogens is 2. The van der Waals surface area contributed by atoms with Crippen LogP contribution >= 0.6 is 0 Å². The fraction of sp³-hybridized carbons (Fsp3) is 0.769. The van der Waals surface area contributed by atoms with Crippen molar-refractivity contribution in [1.29, 1.82) is 0 Å². The van der Waals surface area contributed by atoms with E-state index in [0.29, 0.717) is 6.61 Å². The third kappa shape index (κ3) is 4.26. The van der Waals surface area contributed by atoms with Crippen LogP contribution in [0.1, 0.15) is 58.4 Å². The molecule has 2 atom stereocenters. The second kappa shape index (κ2) is 6.13. The second-order valence-corrected chi connectivity index (χ2v) is 5.78. The van der Waals surface area contributed by atoms with Crippen LogP contribution in [0.3, 0.4) is 0 Å². The molecule has 0 saturated carbocycles. The maximum Gasteiger partial charge on any atom is 0.450 e. The van der Waals surface area contributed by atoms with Gasteiger partial charge < -0.3 is 9.26 Å². The van der Waals surface area contributed by atoms with E-state index in [1.807, 2.05) is 20.8 Å². The average Bonchev–Trinajstić information content (AvgIpc) is 2.80. The van der Waals surface area contributed by atoms with Gasteiger partial charge in [-0.3, -0.25) is 4.79 Å². The van der Waals surface area contributed by atoms with Crippen molar-refractivity contribution in [3.05, 3.63) is 11.7 Å². The lowest BCUT2D eigenvalue weighted by atomic mass is 9.88. The van der Waals surface area contributed by atoms with E-state index in [1.54, 1.807) is 6.92 Å². The number of Topliss-reactive ketones (excluding diaryl/α,β-unsaturated/α-hetero) is 1. The normalized spacial score (nSPS) is 15.8. The lowest BCUT2D eigenvalue weighted by Crippen LogP contribution is -2.28. The highest BCUT2D eigenvalue weighted by atomic mass is 19.4. The van der Waals surface area contributed by atoms with Crippen LogP contribution in [0.2, 0.25) is 0 Å². The monoisotopic (exact) mass is 308 g/mol. The Morgan fingerprint density at radius 3 is 2.33 bits per heavy atom. The lowest BCUT2D eigenvalue weighted by molar-refractivity contribution is -0.172. The summed E-state index contributed by atoms with van der Waals surface area (Å²) in [4.78, 5) is 15.1. The van der Waals surface area contributed by atoms with Gasteiger partial charge in [0.25, 0.3) is 0 Å². The molecule has 8 heteroatoms. The summed E-state index contributed by atoms with van der Waals surface area (Å²) in [7, 11) is 0. The van der Waals surface area contributed by atoms with E-state index in [4.69, 9.17) is 9.26 Å². The molecule has 120 valence electrons. The van der Waals surface area contributed by atoms with Gasteiger partial charge in [-0.2, -0.15) is 18.2 Å². The molecule has 0 amide bonds. The number of carbonyl (C=O) groups excluding carboxylic acids is 1. The van der Waals surface area contributed by atoms with Gasteiger partial charge in [0.05, 0.1) is 0 Å². The number of halogens is 3. The van der Waals surface area contributed by atoms with E-state index in [9.17, 15) is 18.0 Å². The van der Waals surface area contributed by atoms with Crippen LogP contribution in [0.4, 0.5) is 13.2 Å². The molecule has 21 heavy (non-hydrogen) atoms. The van der Waals surface area contributed by atoms with Gasteiger partial charge in [-0.15, -0.1) is 0 Å². The quantitative estimate of drug-likeness (QED) is 0.833. The molecule has 1 aromatic heterocycles. The molecule has 0 radical (unpaired) electrons. The first-order valence-electron chi connectivity index (χ1n) is 6.54. The van der Waals surface area contributed by atoms with Crippen molar-refractivity contribution in [3.63, 3.8) is 0 Å². The molecule has 0 aliphatic carbocycles. The van der Waals surface area contributed by atoms with Crippen LogP contribution in [-0.4, -0.2) is 28.7 Å². The molecule has 1 heterocycles. The Kier molecular flexibility index (Phi) is 5.14. The molecule has 2 unspecified atom stereocenters. The first kappa shape index (κ1) is 17.6. The van der Waals surface area contributed by atoms with Gasteiger partial charge in [0.1, 0.15) is 12.0 Å². The molecular weight excluding hydrogens is 289 g/mol. The van der Waals surface area contributed by atoms with Crippen molar-refractivity contribution in [2.45, 2.75) is 52.8 Å². The molecular formula is C13H19F3N2O3. The zero-order valence-electron chi connectivity index (χ0n) is 12.6. The van der Waals surface area contributed by atoms with Crippen LogP contribution in [0, 0.1) is 5.41 Å². The SMILES string of the molecule is CCOC(c1noc(C(C)C(=O)C(F)(F)F)n1)C(C)(C)C. The third-order valence-electron chi connectivity index (χ3n) is 2.85. The van der Waals surface area contributed by atoms with Crippen LogP contribution < -0.4 is 0 Å². The molecule has 0 aromatic carbocycles. The maximum absolute atomic E-state index is 12.4. The van der Waals surface area contributed by atoms with Crippen molar-refractivity contribution < 1.29 is 27.2 Å². The highest BCUT2D eigenvalue weighted by Crippen LogP contribution is 2.35. The number of hydrogen-bond acceptors (Lipinski definition) is 5. The molecule has 0 saturated heterocycles. The van der Waals surface area contributed by atoms with E-state index in [1.165, 1.54) is 0 Å². The second-order valence-electron chi connectivity index (χ2n) is 5.78. The summed E-state index contributed by atoms with van der Waals surface area (Å²) in [5, 5.41) is 3.66. The third-order valence-corrected chi connectivity index (χ3v) is 2.85. The molecule has 0 aliphatic rings. The van der Waals surface area contributed by atoms with Gasteiger partial charge in [-0.25, -0.2) is 0 Å². The summed E-state index contributed by atoms with van der Waals surface area (Å²) in [5.74, 6) is -3.67. The fourth-order valence-electron chi connectivity index (χ4n) is 1.77. The van der Waals surface area contributed by atoms with Gasteiger partial charge in [-0.1, -0.05) is 25.9 Å². The summed E-state index contributed by atoms with van der Waals surface area (Å²) in [6.07, 6.45) is -5.47. The van der Waals surface area contributed by atoms with Crippen LogP contribution in [-0.2, 0) is 9.53 Å². The Balaban J connectivity index is 3.02. The van der Waals surface area contributed by atoms with E-state index < -0.39 is 24.0 Å². The highest BCUT2D eigenvalue weighted by molar-refractivity contribution is 5.89. The summed E-state index contributed by atoms with van der Waals surface area (Å²) >= 11 is 0. The molecule has 0 fully saturated rings. The van der Waals surface area contributed by atoms with Crippen LogP contribution in [0.25, 0.3) is 0 Å². The van der Waals surface area contributed by atoms with Gasteiger partial charge in [0, 0.05) is 6.61 Å². The van der Waals surface area contributed by atoms with Crippen molar-refractivity contribution in [2.24, 2.45) is 5.41 Å². The molecule has 1 aromatic rings. The van der Waals surface area contributed by atoms with Crippen LogP contribution in [0.15, 0.2) is 4.52 Å². The average molecular weight is 308 g/mol. The fourth-order valence-corrected chi connectivity index (χ4v) is 1.77. The Bertz CT molecular complexity index is 492. The number of carbonyl (C=O) groups is 1. The molecule has 5 nitrogen and oxygen atoms in total. The van der Waals surface area contributed by atoms with Crippen molar-refractivity contribution in [1.82, 2.24) is 10.1 Å². The number of hydrogen-bond donors (Lipinski definition) is 0. The number of ether oxygens (including phenoxy) is 1. The Hall–Kier alpha value is -1.44. The number of nitrogens with zero attached hydrogens (tertiary/aromatic N) is 2. The maximum atomic E-state index is 12.4. The van der Waals surface area contributed by atoms with Gasteiger partial charge >= 0.3 is 6.18 Å². The zero-order chi connectivity index (χ0) is 16.4. The van der Waals surface area contributed by atoms with Gasteiger partial charge in [0.15, 0.2) is 0 Å². The highest BCUT2D eigenvalue weighted by Gasteiger charge is 2.44. The van der Waals surface area contributed by atoms with E-state index in [0.717, 1.165) is 6.92 Å². The molecule has 1 rings (SSSR count).